The molecule has 1 N–H and O–H groups in total. The Hall–Kier alpha value is -1.75. The van der Waals surface area contributed by atoms with Gasteiger partial charge >= 0.3 is 0 Å². The minimum Gasteiger partial charge on any atom is -0.322 e. The van der Waals surface area contributed by atoms with Gasteiger partial charge in [0.1, 0.15) is 11.6 Å². The van der Waals surface area contributed by atoms with Crippen molar-refractivity contribution in [2.45, 2.75) is 12.8 Å². The number of benzene rings is 1. The zero-order chi connectivity index (χ0) is 13.0. The number of likely N-dealkylation sites (tertiary alicyclic amines) is 1. The molecular weight excluding hydrogens is 235 g/mol. The third kappa shape index (κ3) is 3.37. The van der Waals surface area contributed by atoms with Crippen LogP contribution >= 0.6 is 0 Å². The average Bonchev–Trinajstić information content (AvgIpc) is 2.32. The SMILES string of the molecule is O=C1CCCN(CC(=O)Nc2ccccc2F)C1. The number of hydrogen-bond acceptors (Lipinski definition) is 3. The van der Waals surface area contributed by atoms with Crippen LogP contribution in [0.5, 0.6) is 0 Å². The van der Waals surface area contributed by atoms with E-state index in [1.54, 1.807) is 17.0 Å². The minimum atomic E-state index is -0.458. The van der Waals surface area contributed by atoms with E-state index in [-0.39, 0.29) is 23.9 Å². The van der Waals surface area contributed by atoms with Crippen LogP contribution in [0.2, 0.25) is 0 Å². The van der Waals surface area contributed by atoms with Crippen molar-refractivity contribution < 1.29 is 14.0 Å². The molecule has 5 heteroatoms. The number of piperidine rings is 1. The molecule has 96 valence electrons. The summed E-state index contributed by atoms with van der Waals surface area (Å²) in [6.07, 6.45) is 1.37. The normalized spacial score (nSPS) is 16.6. The third-order valence-corrected chi connectivity index (χ3v) is 2.85. The standard InChI is InChI=1S/C13H15FN2O2/c14-11-5-1-2-6-12(11)15-13(18)9-16-7-3-4-10(17)8-16/h1-2,5-6H,3-4,7-9H2,(H,15,18). The number of anilines is 1. The molecule has 1 aromatic carbocycles. The zero-order valence-corrected chi connectivity index (χ0v) is 9.99. The highest BCUT2D eigenvalue weighted by Crippen LogP contribution is 2.12. The molecule has 18 heavy (non-hydrogen) atoms. The molecule has 1 amide bonds. The fourth-order valence-corrected chi connectivity index (χ4v) is 2.00. The summed E-state index contributed by atoms with van der Waals surface area (Å²) in [5, 5.41) is 2.51. The number of ketones is 1. The van der Waals surface area contributed by atoms with Gasteiger partial charge in [0, 0.05) is 6.42 Å². The molecule has 1 heterocycles. The van der Waals surface area contributed by atoms with Crippen molar-refractivity contribution >= 4 is 17.4 Å². The van der Waals surface area contributed by atoms with Gasteiger partial charge in [-0.15, -0.1) is 0 Å². The van der Waals surface area contributed by atoms with Gasteiger partial charge in [0.05, 0.1) is 18.8 Å². The summed E-state index contributed by atoms with van der Waals surface area (Å²) in [4.78, 5) is 24.7. The zero-order valence-electron chi connectivity index (χ0n) is 9.99. The van der Waals surface area contributed by atoms with Gasteiger partial charge in [0.25, 0.3) is 0 Å². The number of carbonyl (C=O) groups excluding carboxylic acids is 2. The molecule has 1 aliphatic heterocycles. The van der Waals surface area contributed by atoms with E-state index in [0.29, 0.717) is 13.0 Å². The Kier molecular flexibility index (Phi) is 4.04. The number of nitrogens with one attached hydrogen (secondary N) is 1. The van der Waals surface area contributed by atoms with Crippen molar-refractivity contribution in [3.8, 4) is 0 Å². The number of Topliss-reactive ketones (excluding diaryl/α,β-unsaturated/α-hetero) is 1. The van der Waals surface area contributed by atoms with Gasteiger partial charge in [-0.3, -0.25) is 14.5 Å². The lowest BCUT2D eigenvalue weighted by Crippen LogP contribution is -2.40. The van der Waals surface area contributed by atoms with E-state index >= 15 is 0 Å². The number of para-hydroxylation sites is 1. The largest absolute Gasteiger partial charge is 0.322 e. The highest BCUT2D eigenvalue weighted by molar-refractivity contribution is 5.93. The lowest BCUT2D eigenvalue weighted by Gasteiger charge is -2.24. The molecule has 0 aromatic heterocycles. The van der Waals surface area contributed by atoms with Crippen LogP contribution in [0.3, 0.4) is 0 Å². The molecule has 0 radical (unpaired) electrons. The van der Waals surface area contributed by atoms with Crippen molar-refractivity contribution in [1.29, 1.82) is 0 Å². The first-order chi connectivity index (χ1) is 8.65. The van der Waals surface area contributed by atoms with Crippen LogP contribution < -0.4 is 5.32 Å². The highest BCUT2D eigenvalue weighted by atomic mass is 19.1. The summed E-state index contributed by atoms with van der Waals surface area (Å²) in [5.41, 5.74) is 0.172. The summed E-state index contributed by atoms with van der Waals surface area (Å²) in [6, 6.07) is 6.02. The Balaban J connectivity index is 1.89. The highest BCUT2D eigenvalue weighted by Gasteiger charge is 2.19. The number of nitrogens with zero attached hydrogens (tertiary/aromatic N) is 1. The first-order valence-electron chi connectivity index (χ1n) is 5.93. The second-order valence-electron chi connectivity index (χ2n) is 4.38. The fourth-order valence-electron chi connectivity index (χ4n) is 2.00. The van der Waals surface area contributed by atoms with Gasteiger partial charge < -0.3 is 5.32 Å². The van der Waals surface area contributed by atoms with E-state index in [2.05, 4.69) is 5.32 Å². The molecule has 0 saturated carbocycles. The number of carbonyl (C=O) groups is 2. The lowest BCUT2D eigenvalue weighted by molar-refractivity contribution is -0.123. The number of rotatable bonds is 3. The Labute approximate surface area is 105 Å². The molecule has 0 aliphatic carbocycles. The van der Waals surface area contributed by atoms with Gasteiger partial charge in [-0.25, -0.2) is 4.39 Å². The van der Waals surface area contributed by atoms with Crippen LogP contribution in [0.4, 0.5) is 10.1 Å². The van der Waals surface area contributed by atoms with Crippen molar-refractivity contribution in [2.24, 2.45) is 0 Å². The number of amides is 1. The van der Waals surface area contributed by atoms with Gasteiger partial charge in [-0.2, -0.15) is 0 Å². The molecular formula is C13H15FN2O2. The molecule has 2 rings (SSSR count). The van der Waals surface area contributed by atoms with Crippen molar-refractivity contribution in [1.82, 2.24) is 4.90 Å². The molecule has 1 fully saturated rings. The quantitative estimate of drug-likeness (QED) is 0.882. The molecule has 0 unspecified atom stereocenters. The second kappa shape index (κ2) is 5.73. The summed E-state index contributed by atoms with van der Waals surface area (Å²) < 4.78 is 13.3. The van der Waals surface area contributed by atoms with Crippen molar-refractivity contribution in [3.05, 3.63) is 30.1 Å². The first-order valence-corrected chi connectivity index (χ1v) is 5.93. The van der Waals surface area contributed by atoms with E-state index in [0.717, 1.165) is 13.0 Å². The van der Waals surface area contributed by atoms with Gasteiger partial charge in [0.15, 0.2) is 0 Å². The van der Waals surface area contributed by atoms with Gasteiger partial charge in [0.2, 0.25) is 5.91 Å². The average molecular weight is 250 g/mol. The number of hydrogen-bond donors (Lipinski definition) is 1. The van der Waals surface area contributed by atoms with Crippen molar-refractivity contribution in [2.75, 3.05) is 25.0 Å². The molecule has 1 aromatic rings. The van der Waals surface area contributed by atoms with Crippen LogP contribution in [-0.2, 0) is 9.59 Å². The van der Waals surface area contributed by atoms with Gasteiger partial charge in [-0.1, -0.05) is 12.1 Å². The Morgan fingerprint density at radius 3 is 2.89 bits per heavy atom. The molecule has 0 spiro atoms. The third-order valence-electron chi connectivity index (χ3n) is 2.85. The predicted octanol–water partition coefficient (Wildman–Crippen LogP) is 1.43. The first kappa shape index (κ1) is 12.7. The molecule has 0 atom stereocenters. The lowest BCUT2D eigenvalue weighted by atomic mass is 10.1. The van der Waals surface area contributed by atoms with E-state index in [4.69, 9.17) is 0 Å². The summed E-state index contributed by atoms with van der Waals surface area (Å²) >= 11 is 0. The minimum absolute atomic E-state index is 0.125. The topological polar surface area (TPSA) is 49.4 Å². The maximum absolute atomic E-state index is 13.3. The van der Waals surface area contributed by atoms with E-state index < -0.39 is 5.82 Å². The summed E-state index contributed by atoms with van der Waals surface area (Å²) in [5.74, 6) is -0.602. The molecule has 1 aliphatic rings. The molecule has 0 bridgehead atoms. The van der Waals surface area contributed by atoms with Crippen LogP contribution in [-0.4, -0.2) is 36.2 Å². The van der Waals surface area contributed by atoms with E-state index in [9.17, 15) is 14.0 Å². The Morgan fingerprint density at radius 1 is 1.39 bits per heavy atom. The van der Waals surface area contributed by atoms with Crippen LogP contribution in [0.1, 0.15) is 12.8 Å². The monoisotopic (exact) mass is 250 g/mol. The van der Waals surface area contributed by atoms with Crippen LogP contribution in [0.15, 0.2) is 24.3 Å². The van der Waals surface area contributed by atoms with Crippen LogP contribution in [0.25, 0.3) is 0 Å². The fraction of sp³-hybridized carbons (Fsp3) is 0.385. The Morgan fingerprint density at radius 2 is 2.17 bits per heavy atom. The summed E-state index contributed by atoms with van der Waals surface area (Å²) in [6.45, 7) is 1.17. The summed E-state index contributed by atoms with van der Waals surface area (Å²) in [7, 11) is 0. The van der Waals surface area contributed by atoms with E-state index in [1.807, 2.05) is 0 Å². The smallest absolute Gasteiger partial charge is 0.238 e. The maximum atomic E-state index is 13.3. The van der Waals surface area contributed by atoms with Crippen LogP contribution in [0, 0.1) is 5.82 Å². The van der Waals surface area contributed by atoms with E-state index in [1.165, 1.54) is 12.1 Å². The Bertz CT molecular complexity index is 462. The molecule has 1 saturated heterocycles. The predicted molar refractivity (Wildman–Crippen MR) is 65.7 cm³/mol. The second-order valence-corrected chi connectivity index (χ2v) is 4.38. The maximum Gasteiger partial charge on any atom is 0.238 e. The number of halogens is 1. The molecule has 4 nitrogen and oxygen atoms in total. The van der Waals surface area contributed by atoms with Crippen molar-refractivity contribution in [3.63, 3.8) is 0 Å². The van der Waals surface area contributed by atoms with Gasteiger partial charge in [-0.05, 0) is 25.1 Å².